The Morgan fingerprint density at radius 2 is 1.70 bits per heavy atom. The van der Waals surface area contributed by atoms with Crippen molar-refractivity contribution in [3.63, 3.8) is 0 Å². The van der Waals surface area contributed by atoms with Gasteiger partial charge in [-0.25, -0.2) is 13.2 Å². The smallest absolute Gasteiger partial charge is 0.396 e. The van der Waals surface area contributed by atoms with E-state index in [1.807, 2.05) is 0 Å². The molecule has 23 heavy (non-hydrogen) atoms. The number of rotatable bonds is 3. The second kappa shape index (κ2) is 5.99. The lowest BCUT2D eigenvalue weighted by atomic mass is 10.3. The molecule has 3 aromatic rings. The van der Waals surface area contributed by atoms with E-state index in [2.05, 4.69) is 4.72 Å². The summed E-state index contributed by atoms with van der Waals surface area (Å²) in [5.74, 6) is 0. The lowest BCUT2D eigenvalue weighted by molar-refractivity contribution is 0.585. The van der Waals surface area contributed by atoms with Crippen molar-refractivity contribution in [2.75, 3.05) is 4.72 Å². The molecule has 0 spiro atoms. The molecular weight excluding hydrogens is 405 g/mol. The van der Waals surface area contributed by atoms with Crippen molar-refractivity contribution in [3.05, 3.63) is 55.1 Å². The second-order valence-corrected chi connectivity index (χ2v) is 8.27. The summed E-state index contributed by atoms with van der Waals surface area (Å²) in [4.78, 5) is 10.5. The van der Waals surface area contributed by atoms with Gasteiger partial charge >= 0.3 is 4.94 Å². The van der Waals surface area contributed by atoms with Crippen molar-refractivity contribution in [2.24, 2.45) is 0 Å². The number of anilines is 1. The third-order valence-corrected chi connectivity index (χ3v) is 6.20. The summed E-state index contributed by atoms with van der Waals surface area (Å²) in [6.07, 6.45) is 0. The van der Waals surface area contributed by atoms with E-state index in [-0.39, 0.29) is 25.7 Å². The van der Waals surface area contributed by atoms with E-state index >= 15 is 0 Å². The predicted molar refractivity (Wildman–Crippen MR) is 92.6 cm³/mol. The molecule has 0 aliphatic heterocycles. The van der Waals surface area contributed by atoms with Gasteiger partial charge in [0.05, 0.1) is 25.5 Å². The first-order valence-corrected chi connectivity index (χ1v) is 9.41. The van der Waals surface area contributed by atoms with E-state index < -0.39 is 15.0 Å². The van der Waals surface area contributed by atoms with Crippen molar-refractivity contribution >= 4 is 72.1 Å². The van der Waals surface area contributed by atoms with E-state index in [4.69, 9.17) is 39.2 Å². The van der Waals surface area contributed by atoms with Crippen LogP contribution < -0.4 is 9.66 Å². The Morgan fingerprint density at radius 1 is 1.00 bits per heavy atom. The standard InChI is InChI=1S/C13H6Cl3NO4S2/c14-7-4-9(16)12(5-8(7)15)23(19,20)17-6-1-2-10-11(3-6)22-13(18)21-10/h1-5,17H. The first kappa shape index (κ1) is 16.6. The third kappa shape index (κ3) is 3.34. The SMILES string of the molecule is O=c1oc2ccc(NS(=O)(=O)c3cc(Cl)c(Cl)cc3Cl)cc2s1. The second-order valence-electron chi connectivity index (χ2n) is 4.42. The van der Waals surface area contributed by atoms with Crippen LogP contribution in [-0.4, -0.2) is 8.42 Å². The van der Waals surface area contributed by atoms with Crippen LogP contribution in [0.2, 0.25) is 15.1 Å². The lowest BCUT2D eigenvalue weighted by Gasteiger charge is -2.10. The molecule has 10 heteroatoms. The summed E-state index contributed by atoms with van der Waals surface area (Å²) in [5.41, 5.74) is 0.646. The average Bonchev–Trinajstić information content (AvgIpc) is 2.81. The molecule has 120 valence electrons. The number of nitrogens with one attached hydrogen (secondary N) is 1. The molecular formula is C13H6Cl3NO4S2. The zero-order chi connectivity index (χ0) is 16.8. The van der Waals surface area contributed by atoms with E-state index in [9.17, 15) is 13.2 Å². The van der Waals surface area contributed by atoms with Gasteiger partial charge < -0.3 is 4.42 Å². The number of halogens is 3. The van der Waals surface area contributed by atoms with Gasteiger partial charge in [0, 0.05) is 0 Å². The zero-order valence-electron chi connectivity index (χ0n) is 11.0. The Bertz CT molecular complexity index is 1070. The lowest BCUT2D eigenvalue weighted by Crippen LogP contribution is -2.13. The molecule has 2 aromatic carbocycles. The van der Waals surface area contributed by atoms with E-state index in [1.165, 1.54) is 30.3 Å². The molecule has 3 rings (SSSR count). The highest BCUT2D eigenvalue weighted by atomic mass is 35.5. The molecule has 0 unspecified atom stereocenters. The minimum Gasteiger partial charge on any atom is -0.414 e. The fraction of sp³-hybridized carbons (Fsp3) is 0. The summed E-state index contributed by atoms with van der Waals surface area (Å²) >= 11 is 18.4. The highest BCUT2D eigenvalue weighted by Gasteiger charge is 2.20. The summed E-state index contributed by atoms with van der Waals surface area (Å²) in [5, 5.41) is 0.168. The van der Waals surface area contributed by atoms with Crippen LogP contribution in [0.3, 0.4) is 0 Å². The quantitative estimate of drug-likeness (QED) is 0.639. The zero-order valence-corrected chi connectivity index (χ0v) is 14.9. The van der Waals surface area contributed by atoms with Crippen LogP contribution in [0.1, 0.15) is 0 Å². The van der Waals surface area contributed by atoms with Crippen LogP contribution in [0.5, 0.6) is 0 Å². The van der Waals surface area contributed by atoms with Crippen LogP contribution in [0, 0.1) is 0 Å². The van der Waals surface area contributed by atoms with E-state index in [0.717, 1.165) is 11.3 Å². The van der Waals surface area contributed by atoms with Gasteiger partial charge in [-0.05, 0) is 30.3 Å². The maximum Gasteiger partial charge on any atom is 0.396 e. The Morgan fingerprint density at radius 3 is 2.43 bits per heavy atom. The Balaban J connectivity index is 2.02. The number of hydrogen-bond acceptors (Lipinski definition) is 5. The van der Waals surface area contributed by atoms with Crippen LogP contribution >= 0.6 is 46.1 Å². The van der Waals surface area contributed by atoms with Crippen molar-refractivity contribution in [1.29, 1.82) is 0 Å². The molecule has 1 aromatic heterocycles. The minimum atomic E-state index is -3.97. The molecule has 0 saturated carbocycles. The van der Waals surface area contributed by atoms with Gasteiger partial charge in [-0.2, -0.15) is 0 Å². The number of benzene rings is 2. The monoisotopic (exact) mass is 409 g/mol. The molecule has 0 saturated heterocycles. The molecule has 0 amide bonds. The van der Waals surface area contributed by atoms with Crippen molar-refractivity contribution in [1.82, 2.24) is 0 Å². The summed E-state index contributed by atoms with van der Waals surface area (Å²) < 4.78 is 32.7. The van der Waals surface area contributed by atoms with Crippen LogP contribution in [0.4, 0.5) is 5.69 Å². The molecule has 0 bridgehead atoms. The third-order valence-electron chi connectivity index (χ3n) is 2.85. The average molecular weight is 411 g/mol. The van der Waals surface area contributed by atoms with Crippen LogP contribution in [0.25, 0.3) is 10.3 Å². The van der Waals surface area contributed by atoms with Gasteiger partial charge in [0.25, 0.3) is 10.0 Å². The van der Waals surface area contributed by atoms with Gasteiger partial charge in [-0.3, -0.25) is 4.72 Å². The number of hydrogen-bond donors (Lipinski definition) is 1. The first-order chi connectivity index (χ1) is 10.8. The number of fused-ring (bicyclic) bond motifs is 1. The van der Waals surface area contributed by atoms with E-state index in [0.29, 0.717) is 10.3 Å². The Kier molecular flexibility index (Phi) is 4.33. The maximum atomic E-state index is 12.4. The normalized spacial score (nSPS) is 11.8. The molecule has 0 aliphatic carbocycles. The van der Waals surface area contributed by atoms with Gasteiger partial charge in [-0.1, -0.05) is 46.1 Å². The Hall–Kier alpha value is -1.25. The molecule has 1 N–H and O–H groups in total. The van der Waals surface area contributed by atoms with Crippen molar-refractivity contribution in [3.8, 4) is 0 Å². The largest absolute Gasteiger partial charge is 0.414 e. The van der Waals surface area contributed by atoms with Gasteiger partial charge in [0.2, 0.25) is 0 Å². The van der Waals surface area contributed by atoms with Gasteiger partial charge in [0.1, 0.15) is 10.5 Å². The predicted octanol–water partition coefficient (Wildman–Crippen LogP) is 4.62. The van der Waals surface area contributed by atoms with Gasteiger partial charge in [0.15, 0.2) is 0 Å². The summed E-state index contributed by atoms with van der Waals surface area (Å²) in [6.45, 7) is 0. The maximum absolute atomic E-state index is 12.4. The molecule has 0 aliphatic rings. The van der Waals surface area contributed by atoms with Crippen molar-refractivity contribution < 1.29 is 12.8 Å². The summed E-state index contributed by atoms with van der Waals surface area (Å²) in [6, 6.07) is 6.89. The fourth-order valence-corrected chi connectivity index (χ4v) is 4.62. The van der Waals surface area contributed by atoms with Gasteiger partial charge in [-0.15, -0.1) is 0 Å². The first-order valence-electron chi connectivity index (χ1n) is 5.97. The molecule has 0 atom stereocenters. The van der Waals surface area contributed by atoms with Crippen LogP contribution in [0.15, 0.2) is 44.4 Å². The molecule has 1 heterocycles. The minimum absolute atomic E-state index is 0.0547. The fourth-order valence-electron chi connectivity index (χ4n) is 1.86. The Labute approximate surface area is 149 Å². The molecule has 0 fully saturated rings. The van der Waals surface area contributed by atoms with Crippen LogP contribution in [-0.2, 0) is 10.0 Å². The number of sulfonamides is 1. The molecule has 0 radical (unpaired) electrons. The summed E-state index contributed by atoms with van der Waals surface area (Å²) in [7, 11) is -3.97. The topological polar surface area (TPSA) is 76.4 Å². The van der Waals surface area contributed by atoms with E-state index in [1.54, 1.807) is 0 Å². The highest BCUT2D eigenvalue weighted by Crippen LogP contribution is 2.33. The highest BCUT2D eigenvalue weighted by molar-refractivity contribution is 7.92. The van der Waals surface area contributed by atoms with Crippen molar-refractivity contribution in [2.45, 2.75) is 4.90 Å². The molecule has 5 nitrogen and oxygen atoms in total.